The van der Waals surface area contributed by atoms with Gasteiger partial charge in [0.1, 0.15) is 0 Å². The third-order valence-electron chi connectivity index (χ3n) is 4.45. The van der Waals surface area contributed by atoms with Crippen LogP contribution >= 0.6 is 22.9 Å². The maximum absolute atomic E-state index is 12.7. The summed E-state index contributed by atoms with van der Waals surface area (Å²) < 4.78 is 26.6. The van der Waals surface area contributed by atoms with Gasteiger partial charge in [0, 0.05) is 36.1 Å². The average Bonchev–Trinajstić information content (AvgIpc) is 3.21. The van der Waals surface area contributed by atoms with E-state index in [1.165, 1.54) is 23.5 Å². The standard InChI is InChI=1S/C21H21ClN2O3S2/c1-23(15-19-4-3-13-28-19)21(25)17-7-5-16(6-8-17)14-24(2)29(26,27)20-11-9-18(22)10-12-20/h3-13H,14-15H2,1-2H3. The second kappa shape index (κ2) is 9.09. The molecule has 0 aliphatic heterocycles. The zero-order valence-corrected chi connectivity index (χ0v) is 18.5. The highest BCUT2D eigenvalue weighted by molar-refractivity contribution is 7.89. The normalized spacial score (nSPS) is 11.6. The number of carbonyl (C=O) groups excluding carboxylic acids is 1. The number of halogens is 1. The number of nitrogens with zero attached hydrogens (tertiary/aromatic N) is 2. The molecule has 3 aromatic rings. The fraction of sp³-hybridized carbons (Fsp3) is 0.190. The lowest BCUT2D eigenvalue weighted by Crippen LogP contribution is -2.27. The Kier molecular flexibility index (Phi) is 6.74. The van der Waals surface area contributed by atoms with E-state index in [1.807, 2.05) is 17.5 Å². The van der Waals surface area contributed by atoms with Crippen molar-refractivity contribution in [1.82, 2.24) is 9.21 Å². The van der Waals surface area contributed by atoms with Gasteiger partial charge in [0.05, 0.1) is 11.4 Å². The number of hydrogen-bond donors (Lipinski definition) is 0. The van der Waals surface area contributed by atoms with Crippen LogP contribution in [-0.2, 0) is 23.1 Å². The van der Waals surface area contributed by atoms with E-state index in [2.05, 4.69) is 0 Å². The zero-order chi connectivity index (χ0) is 21.0. The SMILES string of the molecule is CN(Cc1cccs1)C(=O)c1ccc(CN(C)S(=O)(=O)c2ccc(Cl)cc2)cc1. The van der Waals surface area contributed by atoms with Crippen molar-refractivity contribution in [2.24, 2.45) is 0 Å². The van der Waals surface area contributed by atoms with Gasteiger partial charge in [0.2, 0.25) is 10.0 Å². The highest BCUT2D eigenvalue weighted by Crippen LogP contribution is 2.20. The van der Waals surface area contributed by atoms with Gasteiger partial charge in [-0.25, -0.2) is 8.42 Å². The topological polar surface area (TPSA) is 57.7 Å². The molecule has 3 rings (SSSR count). The van der Waals surface area contributed by atoms with E-state index in [-0.39, 0.29) is 17.3 Å². The summed E-state index contributed by atoms with van der Waals surface area (Å²) in [5.41, 5.74) is 1.36. The van der Waals surface area contributed by atoms with E-state index in [4.69, 9.17) is 11.6 Å². The van der Waals surface area contributed by atoms with Crippen LogP contribution in [0.4, 0.5) is 0 Å². The Morgan fingerprint density at radius 1 is 0.966 bits per heavy atom. The molecule has 0 bridgehead atoms. The number of benzene rings is 2. The van der Waals surface area contributed by atoms with Crippen LogP contribution in [0.5, 0.6) is 0 Å². The second-order valence-electron chi connectivity index (χ2n) is 6.65. The fourth-order valence-corrected chi connectivity index (χ4v) is 4.85. The summed E-state index contributed by atoms with van der Waals surface area (Å²) in [5.74, 6) is -0.0768. The van der Waals surface area contributed by atoms with Crippen LogP contribution in [0, 0.1) is 0 Å². The van der Waals surface area contributed by atoms with Gasteiger partial charge >= 0.3 is 0 Å². The van der Waals surface area contributed by atoms with Gasteiger partial charge in [0.15, 0.2) is 0 Å². The maximum Gasteiger partial charge on any atom is 0.253 e. The van der Waals surface area contributed by atoms with Crippen LogP contribution in [0.1, 0.15) is 20.8 Å². The third-order valence-corrected chi connectivity index (χ3v) is 7.38. The molecule has 0 spiro atoms. The van der Waals surface area contributed by atoms with Gasteiger partial charge in [-0.15, -0.1) is 11.3 Å². The van der Waals surface area contributed by atoms with Crippen LogP contribution in [0.3, 0.4) is 0 Å². The molecule has 0 aliphatic carbocycles. The quantitative estimate of drug-likeness (QED) is 0.535. The number of sulfonamides is 1. The molecule has 0 unspecified atom stereocenters. The number of hydrogen-bond acceptors (Lipinski definition) is 4. The lowest BCUT2D eigenvalue weighted by atomic mass is 10.1. The first kappa shape index (κ1) is 21.5. The number of rotatable bonds is 7. The molecule has 0 fully saturated rings. The van der Waals surface area contributed by atoms with Crippen LogP contribution in [0.2, 0.25) is 5.02 Å². The third kappa shape index (κ3) is 5.25. The number of carbonyl (C=O) groups is 1. The number of amides is 1. The van der Waals surface area contributed by atoms with E-state index in [0.29, 0.717) is 17.1 Å². The van der Waals surface area contributed by atoms with Gasteiger partial charge in [-0.2, -0.15) is 4.31 Å². The minimum Gasteiger partial charge on any atom is -0.337 e. The Morgan fingerprint density at radius 2 is 1.62 bits per heavy atom. The second-order valence-corrected chi connectivity index (χ2v) is 10.2. The van der Waals surface area contributed by atoms with Crippen molar-refractivity contribution in [3.63, 3.8) is 0 Å². The summed E-state index contributed by atoms with van der Waals surface area (Å²) in [4.78, 5) is 15.6. The summed E-state index contributed by atoms with van der Waals surface area (Å²) in [6, 6.07) is 17.0. The highest BCUT2D eigenvalue weighted by Gasteiger charge is 2.21. The van der Waals surface area contributed by atoms with Gasteiger partial charge in [0.25, 0.3) is 5.91 Å². The molecule has 152 valence electrons. The molecular weight excluding hydrogens is 428 g/mol. The first-order valence-corrected chi connectivity index (χ1v) is 11.6. The van der Waals surface area contributed by atoms with Crippen LogP contribution in [0.25, 0.3) is 0 Å². The molecule has 29 heavy (non-hydrogen) atoms. The molecule has 1 heterocycles. The highest BCUT2D eigenvalue weighted by atomic mass is 35.5. The minimum atomic E-state index is -3.62. The van der Waals surface area contributed by atoms with Crippen LogP contribution in [-0.4, -0.2) is 37.6 Å². The number of thiophene rings is 1. The molecular formula is C21H21ClN2O3S2. The van der Waals surface area contributed by atoms with Gasteiger partial charge in [-0.3, -0.25) is 4.79 Å². The molecule has 2 aromatic carbocycles. The first-order valence-electron chi connectivity index (χ1n) is 8.86. The van der Waals surface area contributed by atoms with Crippen LogP contribution < -0.4 is 0 Å². The Hall–Kier alpha value is -2.19. The van der Waals surface area contributed by atoms with Crippen molar-refractivity contribution in [2.75, 3.05) is 14.1 Å². The van der Waals surface area contributed by atoms with Crippen molar-refractivity contribution in [3.8, 4) is 0 Å². The maximum atomic E-state index is 12.7. The van der Waals surface area contributed by atoms with Gasteiger partial charge in [-0.05, 0) is 53.4 Å². The molecule has 8 heteroatoms. The fourth-order valence-electron chi connectivity index (χ4n) is 2.81. The van der Waals surface area contributed by atoms with Crippen molar-refractivity contribution >= 4 is 38.9 Å². The largest absolute Gasteiger partial charge is 0.337 e. The smallest absolute Gasteiger partial charge is 0.253 e. The van der Waals surface area contributed by atoms with Crippen LogP contribution in [0.15, 0.2) is 70.9 Å². The molecule has 0 aliphatic rings. The average molecular weight is 449 g/mol. The lowest BCUT2D eigenvalue weighted by molar-refractivity contribution is 0.0786. The monoisotopic (exact) mass is 448 g/mol. The first-order chi connectivity index (χ1) is 13.8. The van der Waals surface area contributed by atoms with E-state index in [1.54, 1.807) is 59.7 Å². The summed E-state index contributed by atoms with van der Waals surface area (Å²) in [6.45, 7) is 0.755. The summed E-state index contributed by atoms with van der Waals surface area (Å²) >= 11 is 7.44. The van der Waals surface area contributed by atoms with E-state index < -0.39 is 10.0 Å². The minimum absolute atomic E-state index is 0.0768. The Bertz CT molecular complexity index is 1060. The van der Waals surface area contributed by atoms with Crippen molar-refractivity contribution in [1.29, 1.82) is 0 Å². The molecule has 0 atom stereocenters. The van der Waals surface area contributed by atoms with E-state index in [0.717, 1.165) is 10.4 Å². The van der Waals surface area contributed by atoms with Crippen molar-refractivity contribution in [3.05, 3.63) is 87.1 Å². The predicted octanol–water partition coefficient (Wildman–Crippen LogP) is 4.49. The van der Waals surface area contributed by atoms with E-state index >= 15 is 0 Å². The van der Waals surface area contributed by atoms with E-state index in [9.17, 15) is 13.2 Å². The molecule has 0 N–H and O–H groups in total. The molecule has 0 radical (unpaired) electrons. The molecule has 1 amide bonds. The molecule has 1 aromatic heterocycles. The Balaban J connectivity index is 1.66. The van der Waals surface area contributed by atoms with Gasteiger partial charge < -0.3 is 4.90 Å². The van der Waals surface area contributed by atoms with Crippen molar-refractivity contribution in [2.45, 2.75) is 18.0 Å². The molecule has 0 saturated carbocycles. The predicted molar refractivity (Wildman–Crippen MR) is 117 cm³/mol. The summed E-state index contributed by atoms with van der Waals surface area (Å²) in [7, 11) is -0.330. The zero-order valence-electron chi connectivity index (χ0n) is 16.1. The Morgan fingerprint density at radius 3 is 2.21 bits per heavy atom. The van der Waals surface area contributed by atoms with Gasteiger partial charge in [-0.1, -0.05) is 29.8 Å². The Labute approximate surface area is 180 Å². The summed E-state index contributed by atoms with van der Waals surface area (Å²) in [6.07, 6.45) is 0. The van der Waals surface area contributed by atoms with Crippen molar-refractivity contribution < 1.29 is 13.2 Å². The summed E-state index contributed by atoms with van der Waals surface area (Å²) in [5, 5.41) is 2.47. The molecule has 0 saturated heterocycles. The lowest BCUT2D eigenvalue weighted by Gasteiger charge is -2.18. The molecule has 5 nitrogen and oxygen atoms in total.